The fourth-order valence-electron chi connectivity index (χ4n) is 4.15. The number of benzene rings is 2. The van der Waals surface area contributed by atoms with E-state index in [1.54, 1.807) is 18.5 Å². The number of thioether (sulfide) groups is 1. The molecule has 0 bridgehead atoms. The van der Waals surface area contributed by atoms with E-state index in [0.717, 1.165) is 54.9 Å². The molecule has 3 heterocycles. The Morgan fingerprint density at radius 2 is 1.94 bits per heavy atom. The molecule has 0 aliphatic carbocycles. The minimum atomic E-state index is -0.499. The van der Waals surface area contributed by atoms with Crippen LogP contribution in [0.1, 0.15) is 36.2 Å². The summed E-state index contributed by atoms with van der Waals surface area (Å²) < 4.78 is 18.5. The molecule has 1 N–H and O–H groups in total. The van der Waals surface area contributed by atoms with E-state index < -0.39 is 5.82 Å². The van der Waals surface area contributed by atoms with Gasteiger partial charge in [-0.05, 0) is 68.1 Å². The van der Waals surface area contributed by atoms with Crippen molar-refractivity contribution in [2.24, 2.45) is 0 Å². The number of nitrogens with one attached hydrogen (secondary N) is 1. The third-order valence-electron chi connectivity index (χ3n) is 6.23. The highest BCUT2D eigenvalue weighted by molar-refractivity contribution is 7.99. The van der Waals surface area contributed by atoms with Crippen LogP contribution in [0.5, 0.6) is 0 Å². The van der Waals surface area contributed by atoms with Crippen molar-refractivity contribution >= 4 is 23.4 Å². The molecule has 0 atom stereocenters. The summed E-state index contributed by atoms with van der Waals surface area (Å²) in [6.45, 7) is 4.94. The second-order valence-electron chi connectivity index (χ2n) is 8.69. The molecular formula is C25H26FN7OS. The lowest BCUT2D eigenvalue weighted by molar-refractivity contribution is -0.113. The maximum Gasteiger partial charge on any atom is 0.234 e. The molecule has 5 rings (SSSR count). The van der Waals surface area contributed by atoms with Crippen LogP contribution in [0.3, 0.4) is 0 Å². The van der Waals surface area contributed by atoms with Gasteiger partial charge in [-0.25, -0.2) is 4.39 Å². The SMILES string of the molecule is Cc1ccc(-n2cnnc2SCC(=O)Nc2cc(-c3nnc4n3CCCCC4)ccc2F)cc1C. The van der Waals surface area contributed by atoms with Crippen LogP contribution >= 0.6 is 11.8 Å². The molecular weight excluding hydrogens is 465 g/mol. The lowest BCUT2D eigenvalue weighted by atomic mass is 10.1. The predicted octanol–water partition coefficient (Wildman–Crippen LogP) is 4.74. The van der Waals surface area contributed by atoms with Gasteiger partial charge >= 0.3 is 0 Å². The number of anilines is 1. The molecule has 35 heavy (non-hydrogen) atoms. The largest absolute Gasteiger partial charge is 0.323 e. The highest BCUT2D eigenvalue weighted by Gasteiger charge is 2.18. The summed E-state index contributed by atoms with van der Waals surface area (Å²) in [7, 11) is 0. The van der Waals surface area contributed by atoms with Crippen LogP contribution in [-0.2, 0) is 17.8 Å². The number of hydrogen-bond donors (Lipinski definition) is 1. The summed E-state index contributed by atoms with van der Waals surface area (Å²) >= 11 is 1.24. The Morgan fingerprint density at radius 1 is 1.06 bits per heavy atom. The first kappa shape index (κ1) is 23.2. The molecule has 10 heteroatoms. The van der Waals surface area contributed by atoms with Gasteiger partial charge in [0.25, 0.3) is 0 Å². The number of carbonyl (C=O) groups excluding carboxylic acids is 1. The third kappa shape index (κ3) is 4.97. The lowest BCUT2D eigenvalue weighted by Gasteiger charge is -2.11. The van der Waals surface area contributed by atoms with Crippen LogP contribution < -0.4 is 5.32 Å². The van der Waals surface area contributed by atoms with Crippen LogP contribution in [0.25, 0.3) is 17.1 Å². The van der Waals surface area contributed by atoms with Gasteiger partial charge in [0, 0.05) is 24.2 Å². The smallest absolute Gasteiger partial charge is 0.234 e. The number of amides is 1. The fourth-order valence-corrected chi connectivity index (χ4v) is 4.88. The van der Waals surface area contributed by atoms with E-state index in [1.165, 1.54) is 23.4 Å². The standard InChI is InChI=1S/C25H26FN7OS/c1-16-7-9-19(12-17(16)2)33-15-27-31-25(33)35-14-23(34)28-21-13-18(8-10-20(21)26)24-30-29-22-6-4-3-5-11-32(22)24/h7-10,12-13,15H,3-6,11,14H2,1-2H3,(H,28,34). The van der Waals surface area contributed by atoms with E-state index in [-0.39, 0.29) is 17.3 Å². The number of carbonyl (C=O) groups is 1. The molecule has 2 aromatic heterocycles. The minimum Gasteiger partial charge on any atom is -0.323 e. The van der Waals surface area contributed by atoms with Crippen molar-refractivity contribution in [1.82, 2.24) is 29.5 Å². The summed E-state index contributed by atoms with van der Waals surface area (Å²) in [6.07, 6.45) is 5.82. The Morgan fingerprint density at radius 3 is 2.80 bits per heavy atom. The second kappa shape index (κ2) is 9.99. The monoisotopic (exact) mass is 491 g/mol. The lowest BCUT2D eigenvalue weighted by Crippen LogP contribution is -2.15. The predicted molar refractivity (Wildman–Crippen MR) is 133 cm³/mol. The van der Waals surface area contributed by atoms with Gasteiger partial charge in [-0.1, -0.05) is 24.2 Å². The average Bonchev–Trinajstić information content (AvgIpc) is 3.42. The van der Waals surface area contributed by atoms with E-state index >= 15 is 0 Å². The molecule has 180 valence electrons. The van der Waals surface area contributed by atoms with Gasteiger partial charge < -0.3 is 9.88 Å². The first-order valence-electron chi connectivity index (χ1n) is 11.6. The first-order valence-corrected chi connectivity index (χ1v) is 12.6. The van der Waals surface area contributed by atoms with E-state index in [1.807, 2.05) is 23.6 Å². The number of fused-ring (bicyclic) bond motifs is 1. The maximum absolute atomic E-state index is 14.6. The van der Waals surface area contributed by atoms with Crippen LogP contribution in [-0.4, -0.2) is 41.2 Å². The maximum atomic E-state index is 14.6. The van der Waals surface area contributed by atoms with E-state index in [0.29, 0.717) is 11.0 Å². The summed E-state index contributed by atoms with van der Waals surface area (Å²) in [5.74, 6) is 0.889. The van der Waals surface area contributed by atoms with E-state index in [9.17, 15) is 9.18 Å². The third-order valence-corrected chi connectivity index (χ3v) is 7.17. The van der Waals surface area contributed by atoms with Crippen LogP contribution in [0, 0.1) is 19.7 Å². The van der Waals surface area contributed by atoms with Crippen molar-refractivity contribution in [2.75, 3.05) is 11.1 Å². The van der Waals surface area contributed by atoms with Gasteiger partial charge in [0.1, 0.15) is 18.0 Å². The number of rotatable bonds is 6. The van der Waals surface area contributed by atoms with Gasteiger partial charge in [-0.15, -0.1) is 20.4 Å². The molecule has 0 fully saturated rings. The highest BCUT2D eigenvalue weighted by Crippen LogP contribution is 2.27. The normalized spacial score (nSPS) is 13.3. The highest BCUT2D eigenvalue weighted by atomic mass is 32.2. The van der Waals surface area contributed by atoms with Crippen LogP contribution in [0.15, 0.2) is 47.9 Å². The van der Waals surface area contributed by atoms with E-state index in [2.05, 4.69) is 43.3 Å². The zero-order valence-electron chi connectivity index (χ0n) is 19.7. The Kier molecular flexibility index (Phi) is 6.63. The molecule has 8 nitrogen and oxygen atoms in total. The minimum absolute atomic E-state index is 0.0630. The van der Waals surface area contributed by atoms with Crippen molar-refractivity contribution < 1.29 is 9.18 Å². The molecule has 2 aromatic carbocycles. The number of aromatic nitrogens is 6. The summed E-state index contributed by atoms with van der Waals surface area (Å²) in [5.41, 5.74) is 4.12. The Balaban J connectivity index is 1.29. The summed E-state index contributed by atoms with van der Waals surface area (Å²) in [5, 5.41) is 20.1. The van der Waals surface area contributed by atoms with E-state index in [4.69, 9.17) is 0 Å². The topological polar surface area (TPSA) is 90.5 Å². The molecule has 1 aliphatic rings. The van der Waals surface area contributed by atoms with Crippen molar-refractivity contribution in [2.45, 2.75) is 51.2 Å². The Bertz CT molecular complexity index is 1380. The van der Waals surface area contributed by atoms with Gasteiger partial charge in [-0.2, -0.15) is 0 Å². The average molecular weight is 492 g/mol. The summed E-state index contributed by atoms with van der Waals surface area (Å²) in [6, 6.07) is 10.7. The van der Waals surface area contributed by atoms with Gasteiger partial charge in [-0.3, -0.25) is 9.36 Å². The molecule has 1 amide bonds. The summed E-state index contributed by atoms with van der Waals surface area (Å²) in [4.78, 5) is 12.7. The van der Waals surface area contributed by atoms with Crippen molar-refractivity contribution in [3.8, 4) is 17.1 Å². The molecule has 4 aromatic rings. The van der Waals surface area contributed by atoms with Gasteiger partial charge in [0.05, 0.1) is 11.4 Å². The van der Waals surface area contributed by atoms with Crippen molar-refractivity contribution in [3.63, 3.8) is 0 Å². The molecule has 0 radical (unpaired) electrons. The molecule has 0 spiro atoms. The zero-order valence-corrected chi connectivity index (χ0v) is 20.5. The quantitative estimate of drug-likeness (QED) is 0.392. The second-order valence-corrected chi connectivity index (χ2v) is 9.63. The van der Waals surface area contributed by atoms with Crippen molar-refractivity contribution in [3.05, 3.63) is 65.5 Å². The molecule has 0 saturated carbocycles. The zero-order chi connectivity index (χ0) is 24.4. The number of nitrogens with zero attached hydrogens (tertiary/aromatic N) is 6. The van der Waals surface area contributed by atoms with Crippen LogP contribution in [0.4, 0.5) is 10.1 Å². The van der Waals surface area contributed by atoms with Crippen molar-refractivity contribution in [1.29, 1.82) is 0 Å². The number of hydrogen-bond acceptors (Lipinski definition) is 6. The Hall–Kier alpha value is -3.53. The molecule has 0 saturated heterocycles. The first-order chi connectivity index (χ1) is 17.0. The van der Waals surface area contributed by atoms with Crippen LogP contribution in [0.2, 0.25) is 0 Å². The molecule has 1 aliphatic heterocycles. The Labute approximate surface area is 207 Å². The molecule has 0 unspecified atom stereocenters. The van der Waals surface area contributed by atoms with Gasteiger partial charge in [0.2, 0.25) is 5.91 Å². The number of aryl methyl sites for hydroxylation is 3. The fraction of sp³-hybridized carbons (Fsp3) is 0.320. The van der Waals surface area contributed by atoms with Gasteiger partial charge in [0.15, 0.2) is 11.0 Å². The number of halogens is 1.